The number of amides is 2. The summed E-state index contributed by atoms with van der Waals surface area (Å²) in [5.41, 5.74) is 0.993. The number of alkyl halides is 3. The molecule has 1 aliphatic heterocycles. The van der Waals surface area contributed by atoms with Crippen LogP contribution in [0.2, 0.25) is 0 Å². The van der Waals surface area contributed by atoms with E-state index in [0.717, 1.165) is 49.8 Å². The molecule has 1 heterocycles. The first-order valence-electron chi connectivity index (χ1n) is 12.8. The molecule has 1 fully saturated rings. The van der Waals surface area contributed by atoms with Gasteiger partial charge < -0.3 is 15.0 Å². The van der Waals surface area contributed by atoms with E-state index >= 15 is 0 Å². The lowest BCUT2D eigenvalue weighted by molar-refractivity contribution is -0.137. The van der Waals surface area contributed by atoms with E-state index in [1.165, 1.54) is 12.1 Å². The second kappa shape index (κ2) is 10.5. The molecule has 198 valence electrons. The molecule has 0 spiro atoms. The fourth-order valence-corrected chi connectivity index (χ4v) is 5.74. The topological polar surface area (TPSA) is 58.6 Å². The normalized spacial score (nSPS) is 20.1. The Bertz CT molecular complexity index is 1320. The number of benzene rings is 3. The quantitative estimate of drug-likeness (QED) is 0.394. The van der Waals surface area contributed by atoms with Gasteiger partial charge in [0.05, 0.1) is 24.6 Å². The number of ether oxygens (including phenoxy) is 1. The van der Waals surface area contributed by atoms with Crippen LogP contribution in [0.5, 0.6) is 5.75 Å². The third-order valence-electron chi connectivity index (χ3n) is 7.54. The molecule has 2 amide bonds. The first-order valence-corrected chi connectivity index (χ1v) is 12.8. The monoisotopic (exact) mass is 522 g/mol. The standard InChI is InChI=1S/C30H29F3N2O3/c1-38-23-16-14-19(15-17-23)27-26(28(36)34-21-9-7-8-20(18-21)30(31,32)33)24-12-5-6-13-25(24)29(37)35(27)22-10-3-2-4-11-22/h5-9,12-18,22,26-27H,2-4,10-11H2,1H3,(H,34,36)/t26-,27+/m1/s1. The number of hydrogen-bond acceptors (Lipinski definition) is 3. The highest BCUT2D eigenvalue weighted by molar-refractivity contribution is 6.04. The first-order chi connectivity index (χ1) is 18.3. The molecule has 0 saturated heterocycles. The van der Waals surface area contributed by atoms with E-state index in [0.29, 0.717) is 16.9 Å². The van der Waals surface area contributed by atoms with E-state index in [1.54, 1.807) is 43.5 Å². The largest absolute Gasteiger partial charge is 0.497 e. The molecule has 2 atom stereocenters. The van der Waals surface area contributed by atoms with Crippen LogP contribution in [0.4, 0.5) is 18.9 Å². The maximum atomic E-state index is 14.0. The van der Waals surface area contributed by atoms with Gasteiger partial charge in [-0.1, -0.05) is 55.7 Å². The van der Waals surface area contributed by atoms with E-state index in [1.807, 2.05) is 17.0 Å². The summed E-state index contributed by atoms with van der Waals surface area (Å²) in [6, 6.07) is 18.3. The highest BCUT2D eigenvalue weighted by Gasteiger charge is 2.46. The fourth-order valence-electron chi connectivity index (χ4n) is 5.74. The Labute approximate surface area is 219 Å². The number of methoxy groups -OCH3 is 1. The van der Waals surface area contributed by atoms with Crippen LogP contribution in [0.15, 0.2) is 72.8 Å². The van der Waals surface area contributed by atoms with Crippen LogP contribution < -0.4 is 10.1 Å². The molecule has 2 aliphatic rings. The number of carbonyl (C=O) groups excluding carboxylic acids is 2. The minimum atomic E-state index is -4.53. The highest BCUT2D eigenvalue weighted by atomic mass is 19.4. The molecule has 8 heteroatoms. The SMILES string of the molecule is COc1ccc([C@H]2[C@H](C(=O)Nc3cccc(C(F)(F)F)c3)c3ccccc3C(=O)N2C2CCCCC2)cc1. The zero-order valence-electron chi connectivity index (χ0n) is 21.0. The van der Waals surface area contributed by atoms with Gasteiger partial charge in [-0.25, -0.2) is 0 Å². The minimum absolute atomic E-state index is 0.0411. The van der Waals surface area contributed by atoms with Crippen molar-refractivity contribution in [1.82, 2.24) is 4.90 Å². The second-order valence-electron chi connectivity index (χ2n) is 9.85. The molecule has 0 bridgehead atoms. The summed E-state index contributed by atoms with van der Waals surface area (Å²) in [5, 5.41) is 2.72. The Balaban J connectivity index is 1.61. The van der Waals surface area contributed by atoms with Crippen LogP contribution in [-0.2, 0) is 11.0 Å². The molecule has 5 nitrogen and oxygen atoms in total. The Kier molecular flexibility index (Phi) is 7.15. The van der Waals surface area contributed by atoms with Crippen molar-refractivity contribution in [3.05, 3.63) is 95.1 Å². The van der Waals surface area contributed by atoms with Crippen molar-refractivity contribution in [2.75, 3.05) is 12.4 Å². The fraction of sp³-hybridized carbons (Fsp3) is 0.333. The van der Waals surface area contributed by atoms with Crippen molar-refractivity contribution < 1.29 is 27.5 Å². The van der Waals surface area contributed by atoms with Crippen LogP contribution in [-0.4, -0.2) is 29.9 Å². The van der Waals surface area contributed by atoms with Crippen LogP contribution in [0, 0.1) is 0 Å². The summed E-state index contributed by atoms with van der Waals surface area (Å²) in [6.07, 6.45) is 0.222. The Morgan fingerprint density at radius 3 is 2.34 bits per heavy atom. The minimum Gasteiger partial charge on any atom is -0.497 e. The van der Waals surface area contributed by atoms with E-state index in [-0.39, 0.29) is 17.6 Å². The summed E-state index contributed by atoms with van der Waals surface area (Å²) in [4.78, 5) is 29.8. The van der Waals surface area contributed by atoms with E-state index in [4.69, 9.17) is 4.74 Å². The van der Waals surface area contributed by atoms with Crippen molar-refractivity contribution in [3.63, 3.8) is 0 Å². The van der Waals surface area contributed by atoms with Crippen molar-refractivity contribution >= 4 is 17.5 Å². The number of anilines is 1. The molecule has 1 N–H and O–H groups in total. The molecule has 3 aromatic rings. The highest BCUT2D eigenvalue weighted by Crippen LogP contribution is 2.46. The van der Waals surface area contributed by atoms with Gasteiger partial charge in [0, 0.05) is 17.3 Å². The molecule has 38 heavy (non-hydrogen) atoms. The lowest BCUT2D eigenvalue weighted by atomic mass is 9.77. The van der Waals surface area contributed by atoms with Gasteiger partial charge in [-0.2, -0.15) is 13.2 Å². The van der Waals surface area contributed by atoms with Crippen LogP contribution in [0.1, 0.15) is 71.1 Å². The van der Waals surface area contributed by atoms with Gasteiger partial charge in [-0.15, -0.1) is 0 Å². The average Bonchev–Trinajstić information content (AvgIpc) is 2.93. The van der Waals surface area contributed by atoms with E-state index in [9.17, 15) is 22.8 Å². The molecule has 0 unspecified atom stereocenters. The summed E-state index contributed by atoms with van der Waals surface area (Å²) in [6.45, 7) is 0. The molecule has 3 aromatic carbocycles. The number of halogens is 3. The zero-order chi connectivity index (χ0) is 26.9. The van der Waals surface area contributed by atoms with Crippen molar-refractivity contribution in [2.45, 2.75) is 56.3 Å². The van der Waals surface area contributed by atoms with Gasteiger partial charge in [0.25, 0.3) is 5.91 Å². The summed E-state index contributed by atoms with van der Waals surface area (Å²) < 4.78 is 45.3. The van der Waals surface area contributed by atoms with Gasteiger partial charge in [0.15, 0.2) is 0 Å². The number of carbonyl (C=O) groups is 2. The van der Waals surface area contributed by atoms with Crippen molar-refractivity contribution in [3.8, 4) is 5.75 Å². The maximum Gasteiger partial charge on any atom is 0.416 e. The molecular weight excluding hydrogens is 493 g/mol. The summed E-state index contributed by atoms with van der Waals surface area (Å²) >= 11 is 0. The Morgan fingerprint density at radius 2 is 1.66 bits per heavy atom. The van der Waals surface area contributed by atoms with E-state index in [2.05, 4.69) is 5.32 Å². The maximum absolute atomic E-state index is 14.0. The van der Waals surface area contributed by atoms with Gasteiger partial charge in [-0.05, 0) is 60.4 Å². The number of nitrogens with one attached hydrogen (secondary N) is 1. The van der Waals surface area contributed by atoms with Crippen LogP contribution >= 0.6 is 0 Å². The molecule has 1 aliphatic carbocycles. The lowest BCUT2D eigenvalue weighted by Crippen LogP contribution is -2.51. The second-order valence-corrected chi connectivity index (χ2v) is 9.85. The summed E-state index contributed by atoms with van der Waals surface area (Å²) in [5.74, 6) is -0.776. The third kappa shape index (κ3) is 4.99. The third-order valence-corrected chi connectivity index (χ3v) is 7.54. The predicted octanol–water partition coefficient (Wildman–Crippen LogP) is 6.97. The van der Waals surface area contributed by atoms with Crippen LogP contribution in [0.3, 0.4) is 0 Å². The average molecular weight is 523 g/mol. The van der Waals surface area contributed by atoms with Gasteiger partial charge in [0.1, 0.15) is 5.75 Å². The number of hydrogen-bond donors (Lipinski definition) is 1. The zero-order valence-corrected chi connectivity index (χ0v) is 21.0. The molecule has 0 aromatic heterocycles. The lowest BCUT2D eigenvalue weighted by Gasteiger charge is -2.46. The van der Waals surface area contributed by atoms with Gasteiger partial charge >= 0.3 is 6.18 Å². The number of nitrogens with zero attached hydrogens (tertiary/aromatic N) is 1. The number of rotatable bonds is 5. The molecule has 5 rings (SSSR count). The smallest absolute Gasteiger partial charge is 0.416 e. The molecular formula is C30H29F3N2O3. The van der Waals surface area contributed by atoms with Crippen LogP contribution in [0.25, 0.3) is 0 Å². The van der Waals surface area contributed by atoms with E-state index < -0.39 is 29.6 Å². The number of fused-ring (bicyclic) bond motifs is 1. The van der Waals surface area contributed by atoms with Gasteiger partial charge in [0.2, 0.25) is 5.91 Å². The summed E-state index contributed by atoms with van der Waals surface area (Å²) in [7, 11) is 1.56. The van der Waals surface area contributed by atoms with Crippen molar-refractivity contribution in [1.29, 1.82) is 0 Å². The Hall–Kier alpha value is -3.81. The first kappa shape index (κ1) is 25.8. The molecule has 1 saturated carbocycles. The Morgan fingerprint density at radius 1 is 0.947 bits per heavy atom. The van der Waals surface area contributed by atoms with Crippen molar-refractivity contribution in [2.24, 2.45) is 0 Å². The molecule has 0 radical (unpaired) electrons. The van der Waals surface area contributed by atoms with Gasteiger partial charge in [-0.3, -0.25) is 9.59 Å². The predicted molar refractivity (Wildman–Crippen MR) is 138 cm³/mol.